The number of nitrogens with one attached hydrogen (secondary N) is 1. The fourth-order valence-electron chi connectivity index (χ4n) is 3.81. The summed E-state index contributed by atoms with van der Waals surface area (Å²) in [5.74, 6) is 0.142. The molecule has 2 atom stereocenters. The Morgan fingerprint density at radius 1 is 1.24 bits per heavy atom. The highest BCUT2D eigenvalue weighted by Gasteiger charge is 2.35. The van der Waals surface area contributed by atoms with Crippen LogP contribution < -0.4 is 5.32 Å². The van der Waals surface area contributed by atoms with E-state index in [9.17, 15) is 14.0 Å². The molecule has 0 aliphatic carbocycles. The zero-order chi connectivity index (χ0) is 17.8. The molecule has 3 amide bonds. The number of rotatable bonds is 4. The molecule has 25 heavy (non-hydrogen) atoms. The molecule has 2 fully saturated rings. The highest BCUT2D eigenvalue weighted by atomic mass is 19.1. The second-order valence-corrected chi connectivity index (χ2v) is 7.10. The van der Waals surface area contributed by atoms with E-state index in [1.807, 2.05) is 4.90 Å². The Kier molecular flexibility index (Phi) is 5.56. The van der Waals surface area contributed by atoms with Crippen molar-refractivity contribution in [1.29, 1.82) is 0 Å². The van der Waals surface area contributed by atoms with Crippen LogP contribution in [0.1, 0.15) is 44.2 Å². The van der Waals surface area contributed by atoms with Crippen molar-refractivity contribution in [2.75, 3.05) is 26.2 Å². The Balaban J connectivity index is 1.56. The third-order valence-corrected chi connectivity index (χ3v) is 5.11. The molecule has 2 aliphatic rings. The van der Waals surface area contributed by atoms with Gasteiger partial charge >= 0.3 is 6.03 Å². The number of hydrogen-bond donors (Lipinski definition) is 1. The topological polar surface area (TPSA) is 52.7 Å². The van der Waals surface area contributed by atoms with E-state index >= 15 is 0 Å². The van der Waals surface area contributed by atoms with Gasteiger partial charge in [0, 0.05) is 38.2 Å². The number of benzene rings is 1. The van der Waals surface area contributed by atoms with Gasteiger partial charge in [0.2, 0.25) is 5.91 Å². The Hall–Kier alpha value is -2.11. The fourth-order valence-corrected chi connectivity index (χ4v) is 3.81. The summed E-state index contributed by atoms with van der Waals surface area (Å²) in [5.41, 5.74) is 0.565. The minimum Gasteiger partial charge on any atom is -0.343 e. The SMILES string of the molecule is CC1CC(c2ccccc2F)N(C(=O)NCCC(=O)N2CCCC2)C1. The second kappa shape index (κ2) is 7.85. The molecule has 0 aromatic heterocycles. The molecule has 2 saturated heterocycles. The first-order valence-corrected chi connectivity index (χ1v) is 9.13. The van der Waals surface area contributed by atoms with Gasteiger partial charge in [-0.25, -0.2) is 9.18 Å². The fraction of sp³-hybridized carbons (Fsp3) is 0.579. The largest absolute Gasteiger partial charge is 0.343 e. The number of nitrogens with zero attached hydrogens (tertiary/aromatic N) is 2. The summed E-state index contributed by atoms with van der Waals surface area (Å²) in [6.45, 7) is 4.64. The monoisotopic (exact) mass is 347 g/mol. The zero-order valence-corrected chi connectivity index (χ0v) is 14.7. The third kappa shape index (κ3) is 4.11. The summed E-state index contributed by atoms with van der Waals surface area (Å²) >= 11 is 0. The van der Waals surface area contributed by atoms with Crippen LogP contribution in [0.2, 0.25) is 0 Å². The second-order valence-electron chi connectivity index (χ2n) is 7.10. The maximum atomic E-state index is 14.1. The van der Waals surface area contributed by atoms with E-state index in [2.05, 4.69) is 12.2 Å². The van der Waals surface area contributed by atoms with Crippen LogP contribution >= 0.6 is 0 Å². The first-order valence-electron chi connectivity index (χ1n) is 9.13. The van der Waals surface area contributed by atoms with Crippen LogP contribution in [0.4, 0.5) is 9.18 Å². The summed E-state index contributed by atoms with van der Waals surface area (Å²) < 4.78 is 14.1. The number of likely N-dealkylation sites (tertiary alicyclic amines) is 2. The molecule has 136 valence electrons. The van der Waals surface area contributed by atoms with Crippen molar-refractivity contribution >= 4 is 11.9 Å². The lowest BCUT2D eigenvalue weighted by Gasteiger charge is -2.26. The maximum Gasteiger partial charge on any atom is 0.317 e. The summed E-state index contributed by atoms with van der Waals surface area (Å²) in [7, 11) is 0. The molecule has 2 aliphatic heterocycles. The van der Waals surface area contributed by atoms with E-state index in [-0.39, 0.29) is 23.8 Å². The standard InChI is InChI=1S/C19H26FN3O2/c1-14-12-17(15-6-2-3-7-16(15)20)23(13-14)19(25)21-9-8-18(24)22-10-4-5-11-22/h2-3,6-7,14,17H,4-5,8-13H2,1H3,(H,21,25). The highest BCUT2D eigenvalue weighted by Crippen LogP contribution is 2.36. The Labute approximate surface area is 148 Å². The number of carbonyl (C=O) groups excluding carboxylic acids is 2. The molecule has 0 radical (unpaired) electrons. The first-order chi connectivity index (χ1) is 12.1. The molecule has 0 spiro atoms. The minimum atomic E-state index is -0.274. The van der Waals surface area contributed by atoms with E-state index in [1.54, 1.807) is 23.1 Å². The molecule has 0 bridgehead atoms. The first kappa shape index (κ1) is 17.7. The van der Waals surface area contributed by atoms with Crippen LogP contribution in [0.25, 0.3) is 0 Å². The van der Waals surface area contributed by atoms with E-state index in [1.165, 1.54) is 6.07 Å². The van der Waals surface area contributed by atoms with Crippen molar-refractivity contribution < 1.29 is 14.0 Å². The summed E-state index contributed by atoms with van der Waals surface area (Å²) in [6, 6.07) is 6.17. The van der Waals surface area contributed by atoms with Crippen LogP contribution in [0.15, 0.2) is 24.3 Å². The van der Waals surface area contributed by atoms with Crippen molar-refractivity contribution in [2.24, 2.45) is 5.92 Å². The van der Waals surface area contributed by atoms with Crippen molar-refractivity contribution in [2.45, 2.75) is 38.6 Å². The normalized spacial score (nSPS) is 23.1. The van der Waals surface area contributed by atoms with Gasteiger partial charge in [0.15, 0.2) is 0 Å². The summed E-state index contributed by atoms with van der Waals surface area (Å²) in [5, 5.41) is 2.84. The third-order valence-electron chi connectivity index (χ3n) is 5.11. The summed E-state index contributed by atoms with van der Waals surface area (Å²) in [4.78, 5) is 28.1. The van der Waals surface area contributed by atoms with E-state index in [4.69, 9.17) is 0 Å². The molecule has 0 saturated carbocycles. The number of halogens is 1. The molecule has 5 nitrogen and oxygen atoms in total. The van der Waals surface area contributed by atoms with Crippen LogP contribution in [0.3, 0.4) is 0 Å². The number of urea groups is 1. The molecule has 3 rings (SSSR count). The van der Waals surface area contributed by atoms with Gasteiger partial charge in [-0.2, -0.15) is 0 Å². The van der Waals surface area contributed by atoms with E-state index < -0.39 is 0 Å². The average molecular weight is 347 g/mol. The average Bonchev–Trinajstić information content (AvgIpc) is 3.24. The van der Waals surface area contributed by atoms with Crippen LogP contribution in [-0.2, 0) is 4.79 Å². The maximum absolute atomic E-state index is 14.1. The van der Waals surface area contributed by atoms with Gasteiger partial charge < -0.3 is 15.1 Å². The van der Waals surface area contributed by atoms with Crippen molar-refractivity contribution in [3.8, 4) is 0 Å². The molecule has 1 aromatic carbocycles. The predicted molar refractivity (Wildman–Crippen MR) is 93.5 cm³/mol. The van der Waals surface area contributed by atoms with Crippen LogP contribution in [0, 0.1) is 11.7 Å². The smallest absolute Gasteiger partial charge is 0.317 e. The molecule has 2 heterocycles. The minimum absolute atomic E-state index is 0.0956. The van der Waals surface area contributed by atoms with Crippen molar-refractivity contribution in [3.05, 3.63) is 35.6 Å². The lowest BCUT2D eigenvalue weighted by atomic mass is 10.0. The molecule has 1 N–H and O–H groups in total. The van der Waals surface area contributed by atoms with Gasteiger partial charge in [0.05, 0.1) is 6.04 Å². The van der Waals surface area contributed by atoms with Gasteiger partial charge in [-0.05, 0) is 31.2 Å². The molecular formula is C19H26FN3O2. The van der Waals surface area contributed by atoms with E-state index in [0.717, 1.165) is 32.4 Å². The Morgan fingerprint density at radius 2 is 1.96 bits per heavy atom. The van der Waals surface area contributed by atoms with Gasteiger partial charge in [0.25, 0.3) is 0 Å². The van der Waals surface area contributed by atoms with Gasteiger partial charge in [0.1, 0.15) is 5.82 Å². The van der Waals surface area contributed by atoms with Crippen LogP contribution in [-0.4, -0.2) is 47.9 Å². The molecular weight excluding hydrogens is 321 g/mol. The number of amides is 3. The molecule has 6 heteroatoms. The quantitative estimate of drug-likeness (QED) is 0.910. The number of hydrogen-bond acceptors (Lipinski definition) is 2. The lowest BCUT2D eigenvalue weighted by Crippen LogP contribution is -2.41. The predicted octanol–water partition coefficient (Wildman–Crippen LogP) is 2.93. The Bertz CT molecular complexity index is 631. The summed E-state index contributed by atoms with van der Waals surface area (Å²) in [6.07, 6.45) is 3.20. The van der Waals surface area contributed by atoms with Crippen molar-refractivity contribution in [1.82, 2.24) is 15.1 Å². The number of carbonyl (C=O) groups is 2. The van der Waals surface area contributed by atoms with E-state index in [0.29, 0.717) is 31.0 Å². The molecule has 1 aromatic rings. The zero-order valence-electron chi connectivity index (χ0n) is 14.7. The Morgan fingerprint density at radius 3 is 2.68 bits per heavy atom. The lowest BCUT2D eigenvalue weighted by molar-refractivity contribution is -0.129. The highest BCUT2D eigenvalue weighted by molar-refractivity contribution is 5.79. The van der Waals surface area contributed by atoms with Gasteiger partial charge in [-0.15, -0.1) is 0 Å². The van der Waals surface area contributed by atoms with Crippen molar-refractivity contribution in [3.63, 3.8) is 0 Å². The van der Waals surface area contributed by atoms with Crippen LogP contribution in [0.5, 0.6) is 0 Å². The van der Waals surface area contributed by atoms with Gasteiger partial charge in [-0.3, -0.25) is 4.79 Å². The van der Waals surface area contributed by atoms with Gasteiger partial charge in [-0.1, -0.05) is 25.1 Å². The molecule has 2 unspecified atom stereocenters.